The first-order valence-corrected chi connectivity index (χ1v) is 9.01. The quantitative estimate of drug-likeness (QED) is 0.744. The van der Waals surface area contributed by atoms with E-state index in [-0.39, 0.29) is 11.9 Å². The van der Waals surface area contributed by atoms with Crippen molar-refractivity contribution in [1.29, 1.82) is 0 Å². The van der Waals surface area contributed by atoms with Crippen molar-refractivity contribution in [2.75, 3.05) is 6.54 Å². The monoisotopic (exact) mass is 366 g/mol. The molecule has 4 rings (SSSR count). The largest absolute Gasteiger partial charge is 0.361 e. The molecule has 8 heteroatoms. The lowest BCUT2D eigenvalue weighted by Crippen LogP contribution is -2.36. The summed E-state index contributed by atoms with van der Waals surface area (Å²) in [4.78, 5) is 23.6. The van der Waals surface area contributed by atoms with Crippen LogP contribution in [0.15, 0.2) is 41.2 Å². The van der Waals surface area contributed by atoms with Gasteiger partial charge >= 0.3 is 0 Å². The first kappa shape index (κ1) is 17.4. The van der Waals surface area contributed by atoms with Crippen LogP contribution in [-0.4, -0.2) is 37.0 Å². The van der Waals surface area contributed by atoms with Gasteiger partial charge in [-0.3, -0.25) is 14.7 Å². The molecule has 0 radical (unpaired) electrons. The van der Waals surface area contributed by atoms with E-state index in [0.29, 0.717) is 18.8 Å². The summed E-state index contributed by atoms with van der Waals surface area (Å²) in [7, 11) is 0. The van der Waals surface area contributed by atoms with Gasteiger partial charge in [-0.2, -0.15) is 0 Å². The van der Waals surface area contributed by atoms with Gasteiger partial charge in [0.15, 0.2) is 0 Å². The Morgan fingerprint density at radius 1 is 1.33 bits per heavy atom. The number of fused-ring (bicyclic) bond motifs is 1. The van der Waals surface area contributed by atoms with Gasteiger partial charge in [-0.1, -0.05) is 11.2 Å². The highest BCUT2D eigenvalue weighted by Gasteiger charge is 2.28. The van der Waals surface area contributed by atoms with Gasteiger partial charge in [-0.15, -0.1) is 0 Å². The molecule has 140 valence electrons. The van der Waals surface area contributed by atoms with Crippen LogP contribution < -0.4 is 5.32 Å². The Bertz CT molecular complexity index is 933. The Balaban J connectivity index is 1.43. The van der Waals surface area contributed by atoms with Crippen LogP contribution in [0.4, 0.5) is 0 Å². The number of amides is 1. The number of pyridine rings is 1. The second kappa shape index (κ2) is 7.32. The summed E-state index contributed by atoms with van der Waals surface area (Å²) in [5.41, 5.74) is 2.16. The summed E-state index contributed by atoms with van der Waals surface area (Å²) in [6.45, 7) is 6.73. The first-order valence-electron chi connectivity index (χ1n) is 9.01. The second-order valence-corrected chi connectivity index (χ2v) is 6.76. The normalized spacial score (nSPS) is 16.9. The van der Waals surface area contributed by atoms with Gasteiger partial charge in [0.25, 0.3) is 5.91 Å². The maximum atomic E-state index is 12.5. The van der Waals surface area contributed by atoms with Gasteiger partial charge < -0.3 is 14.4 Å². The summed E-state index contributed by atoms with van der Waals surface area (Å²) in [6.07, 6.45) is 3.54. The van der Waals surface area contributed by atoms with Gasteiger partial charge in [-0.25, -0.2) is 4.98 Å². The Kier molecular flexibility index (Phi) is 4.72. The molecule has 0 fully saturated rings. The smallest absolute Gasteiger partial charge is 0.271 e. The molecule has 0 spiro atoms. The van der Waals surface area contributed by atoms with Gasteiger partial charge in [0.2, 0.25) is 0 Å². The van der Waals surface area contributed by atoms with Gasteiger partial charge in [0.05, 0.1) is 24.0 Å². The Morgan fingerprint density at radius 2 is 2.22 bits per heavy atom. The van der Waals surface area contributed by atoms with Crippen molar-refractivity contribution >= 4 is 5.91 Å². The number of hydrogen-bond donors (Lipinski definition) is 1. The topological polar surface area (TPSA) is 89.1 Å². The molecule has 1 aliphatic heterocycles. The van der Waals surface area contributed by atoms with Gasteiger partial charge in [0, 0.05) is 38.1 Å². The van der Waals surface area contributed by atoms with Crippen LogP contribution in [0, 0.1) is 6.92 Å². The number of aryl methyl sites for hydroxylation is 1. The standard InChI is InChI=1S/C19H22N6O2/c1-13-9-16(23-27-13)11-24-7-8-25-12-17(22-18(25)14(24)2)19(26)21-10-15-5-3-4-6-20-15/h3-6,9,12,14H,7-8,10-11H2,1-2H3,(H,21,26)/t14-/m1/s1. The molecule has 0 saturated heterocycles. The molecule has 1 atom stereocenters. The molecule has 3 aromatic rings. The number of imidazole rings is 1. The third-order valence-electron chi connectivity index (χ3n) is 4.79. The maximum absolute atomic E-state index is 12.5. The maximum Gasteiger partial charge on any atom is 0.271 e. The van der Waals surface area contributed by atoms with Crippen LogP contribution in [0.2, 0.25) is 0 Å². The molecule has 1 N–H and O–H groups in total. The molecule has 0 bridgehead atoms. The predicted octanol–water partition coefficient (Wildman–Crippen LogP) is 2.08. The lowest BCUT2D eigenvalue weighted by Gasteiger charge is -2.32. The minimum Gasteiger partial charge on any atom is -0.361 e. The number of rotatable bonds is 5. The Labute approximate surface area is 157 Å². The highest BCUT2D eigenvalue weighted by molar-refractivity contribution is 5.92. The van der Waals surface area contributed by atoms with E-state index >= 15 is 0 Å². The lowest BCUT2D eigenvalue weighted by atomic mass is 10.2. The third-order valence-corrected chi connectivity index (χ3v) is 4.79. The van der Waals surface area contributed by atoms with Gasteiger partial charge in [-0.05, 0) is 26.0 Å². The number of carbonyl (C=O) groups excluding carboxylic acids is 1. The van der Waals surface area contributed by atoms with Crippen LogP contribution in [-0.2, 0) is 19.6 Å². The highest BCUT2D eigenvalue weighted by Crippen LogP contribution is 2.26. The fourth-order valence-corrected chi connectivity index (χ4v) is 3.33. The number of nitrogens with zero attached hydrogens (tertiary/aromatic N) is 5. The van der Waals surface area contributed by atoms with E-state index in [1.165, 1.54) is 0 Å². The zero-order valence-corrected chi connectivity index (χ0v) is 15.4. The van der Waals surface area contributed by atoms with E-state index in [4.69, 9.17) is 4.52 Å². The van der Waals surface area contributed by atoms with Crippen molar-refractivity contribution < 1.29 is 9.32 Å². The van der Waals surface area contributed by atoms with E-state index in [1.807, 2.05) is 37.4 Å². The number of nitrogens with one attached hydrogen (secondary N) is 1. The van der Waals surface area contributed by atoms with Crippen molar-refractivity contribution in [2.24, 2.45) is 0 Å². The molecule has 0 aromatic carbocycles. The molecule has 3 aromatic heterocycles. The molecule has 1 amide bonds. The SMILES string of the molecule is Cc1cc(CN2CCn3cc(C(=O)NCc4ccccn4)nc3[C@H]2C)no1. The molecule has 1 aliphatic rings. The summed E-state index contributed by atoms with van der Waals surface area (Å²) in [5.74, 6) is 1.51. The van der Waals surface area contributed by atoms with Crippen LogP contribution in [0.25, 0.3) is 0 Å². The fourth-order valence-electron chi connectivity index (χ4n) is 3.33. The van der Waals surface area contributed by atoms with E-state index in [1.54, 1.807) is 6.20 Å². The van der Waals surface area contributed by atoms with E-state index in [2.05, 4.69) is 36.8 Å². The average Bonchev–Trinajstić information content (AvgIpc) is 3.29. The molecule has 0 saturated carbocycles. The van der Waals surface area contributed by atoms with Crippen molar-refractivity contribution in [2.45, 2.75) is 39.5 Å². The minimum atomic E-state index is -0.187. The highest BCUT2D eigenvalue weighted by atomic mass is 16.5. The van der Waals surface area contributed by atoms with Crippen molar-refractivity contribution in [1.82, 2.24) is 29.9 Å². The fraction of sp³-hybridized carbons (Fsp3) is 0.368. The summed E-state index contributed by atoms with van der Waals surface area (Å²) >= 11 is 0. The average molecular weight is 366 g/mol. The molecule has 8 nitrogen and oxygen atoms in total. The minimum absolute atomic E-state index is 0.0908. The molecule has 4 heterocycles. The number of aromatic nitrogens is 4. The van der Waals surface area contributed by atoms with Crippen LogP contribution >= 0.6 is 0 Å². The summed E-state index contributed by atoms with van der Waals surface area (Å²) < 4.78 is 7.21. The zero-order valence-electron chi connectivity index (χ0n) is 15.4. The molecular weight excluding hydrogens is 344 g/mol. The molecule has 0 unspecified atom stereocenters. The first-order chi connectivity index (χ1) is 13.1. The van der Waals surface area contributed by atoms with E-state index in [9.17, 15) is 4.79 Å². The van der Waals surface area contributed by atoms with Crippen LogP contribution in [0.1, 0.15) is 46.4 Å². The number of carbonyl (C=O) groups is 1. The molecule has 27 heavy (non-hydrogen) atoms. The zero-order chi connectivity index (χ0) is 18.8. The number of hydrogen-bond acceptors (Lipinski definition) is 6. The van der Waals surface area contributed by atoms with E-state index < -0.39 is 0 Å². The Hall–Kier alpha value is -3.00. The lowest BCUT2D eigenvalue weighted by molar-refractivity contribution is 0.0945. The van der Waals surface area contributed by atoms with E-state index in [0.717, 1.165) is 36.1 Å². The van der Waals surface area contributed by atoms with Crippen molar-refractivity contribution in [3.63, 3.8) is 0 Å². The summed E-state index contributed by atoms with van der Waals surface area (Å²) in [6, 6.07) is 7.67. The molecular formula is C19H22N6O2. The van der Waals surface area contributed by atoms with Crippen molar-refractivity contribution in [3.05, 3.63) is 65.3 Å². The predicted molar refractivity (Wildman–Crippen MR) is 97.7 cm³/mol. The van der Waals surface area contributed by atoms with Crippen molar-refractivity contribution in [3.8, 4) is 0 Å². The molecule has 0 aliphatic carbocycles. The third kappa shape index (κ3) is 3.75. The summed E-state index contributed by atoms with van der Waals surface area (Å²) in [5, 5.41) is 6.95. The van der Waals surface area contributed by atoms with Gasteiger partial charge in [0.1, 0.15) is 17.3 Å². The Morgan fingerprint density at radius 3 is 2.96 bits per heavy atom. The van der Waals surface area contributed by atoms with Crippen LogP contribution in [0.3, 0.4) is 0 Å². The second-order valence-electron chi connectivity index (χ2n) is 6.76. The van der Waals surface area contributed by atoms with Crippen LogP contribution in [0.5, 0.6) is 0 Å².